The normalized spacial score (nSPS) is 22.1. The number of hydrogen-bond donors (Lipinski definition) is 2. The van der Waals surface area contributed by atoms with Crippen molar-refractivity contribution in [3.63, 3.8) is 0 Å². The Hall–Kier alpha value is -0.810. The Balaban J connectivity index is 0.00000169. The maximum absolute atomic E-state index is 11.1. The topological polar surface area (TPSA) is 81.4 Å². The Kier molecular flexibility index (Phi) is 5.49. The number of amides is 1. The zero-order chi connectivity index (χ0) is 9.84. The summed E-state index contributed by atoms with van der Waals surface area (Å²) in [5, 5.41) is 2.69. The van der Waals surface area contributed by atoms with Crippen LogP contribution in [0, 0.1) is 5.92 Å². The number of esters is 1. The molecule has 1 fully saturated rings. The SMILES string of the molecule is COC(=O)C(N)CC1CCNC1=O.Cl. The zero-order valence-electron chi connectivity index (χ0n) is 7.99. The number of rotatable bonds is 3. The molecule has 6 heteroatoms. The van der Waals surface area contributed by atoms with Crippen LogP contribution in [-0.4, -0.2) is 31.6 Å². The standard InChI is InChI=1S/C8H14N2O3.ClH/c1-13-8(12)6(9)4-5-2-3-10-7(5)11;/h5-6H,2-4,9H2,1H3,(H,10,11);1H. The Labute approximate surface area is 88.8 Å². The van der Waals surface area contributed by atoms with Crippen LogP contribution < -0.4 is 11.1 Å². The number of hydrogen-bond acceptors (Lipinski definition) is 4. The van der Waals surface area contributed by atoms with Crippen LogP contribution in [-0.2, 0) is 14.3 Å². The molecule has 1 rings (SSSR count). The van der Waals surface area contributed by atoms with Crippen molar-refractivity contribution in [3.8, 4) is 0 Å². The molecule has 0 aromatic rings. The van der Waals surface area contributed by atoms with Crippen molar-refractivity contribution in [1.29, 1.82) is 0 Å². The molecule has 2 atom stereocenters. The number of nitrogens with one attached hydrogen (secondary N) is 1. The molecule has 5 nitrogen and oxygen atoms in total. The summed E-state index contributed by atoms with van der Waals surface area (Å²) < 4.78 is 4.46. The molecule has 82 valence electrons. The third-order valence-electron chi connectivity index (χ3n) is 2.21. The number of carbonyl (C=O) groups excluding carboxylic acids is 2. The summed E-state index contributed by atoms with van der Waals surface area (Å²) in [6.45, 7) is 0.678. The lowest BCUT2D eigenvalue weighted by molar-refractivity contribution is -0.142. The van der Waals surface area contributed by atoms with E-state index >= 15 is 0 Å². The van der Waals surface area contributed by atoms with E-state index in [2.05, 4.69) is 10.1 Å². The van der Waals surface area contributed by atoms with E-state index < -0.39 is 12.0 Å². The van der Waals surface area contributed by atoms with Crippen molar-refractivity contribution in [2.45, 2.75) is 18.9 Å². The van der Waals surface area contributed by atoms with E-state index in [4.69, 9.17) is 5.73 Å². The van der Waals surface area contributed by atoms with Gasteiger partial charge in [0.05, 0.1) is 7.11 Å². The average Bonchev–Trinajstić information content (AvgIpc) is 2.50. The molecular weight excluding hydrogens is 208 g/mol. The van der Waals surface area contributed by atoms with Gasteiger partial charge in [-0.05, 0) is 12.8 Å². The third-order valence-corrected chi connectivity index (χ3v) is 2.21. The Bertz CT molecular complexity index is 223. The summed E-state index contributed by atoms with van der Waals surface area (Å²) in [6, 6.07) is -0.682. The van der Waals surface area contributed by atoms with Gasteiger partial charge >= 0.3 is 5.97 Å². The Morgan fingerprint density at radius 2 is 2.43 bits per heavy atom. The van der Waals surface area contributed by atoms with E-state index in [0.29, 0.717) is 13.0 Å². The summed E-state index contributed by atoms with van der Waals surface area (Å²) >= 11 is 0. The zero-order valence-corrected chi connectivity index (χ0v) is 8.80. The minimum absolute atomic E-state index is 0. The third kappa shape index (κ3) is 3.16. The molecule has 0 aliphatic carbocycles. The predicted molar refractivity (Wildman–Crippen MR) is 53.0 cm³/mol. The highest BCUT2D eigenvalue weighted by Gasteiger charge is 2.28. The van der Waals surface area contributed by atoms with Crippen molar-refractivity contribution in [3.05, 3.63) is 0 Å². The first-order valence-electron chi connectivity index (χ1n) is 4.26. The summed E-state index contributed by atoms with van der Waals surface area (Å²) in [5.74, 6) is -0.604. The van der Waals surface area contributed by atoms with Gasteiger partial charge in [-0.25, -0.2) is 0 Å². The van der Waals surface area contributed by atoms with Crippen LogP contribution in [0.1, 0.15) is 12.8 Å². The summed E-state index contributed by atoms with van der Waals surface area (Å²) in [6.07, 6.45) is 1.13. The van der Waals surface area contributed by atoms with E-state index in [1.54, 1.807) is 0 Å². The van der Waals surface area contributed by atoms with Crippen LogP contribution in [0.15, 0.2) is 0 Å². The second kappa shape index (κ2) is 5.82. The molecule has 3 N–H and O–H groups in total. The average molecular weight is 223 g/mol. The van der Waals surface area contributed by atoms with Crippen molar-refractivity contribution in [2.24, 2.45) is 11.7 Å². The molecule has 2 unspecified atom stereocenters. The van der Waals surface area contributed by atoms with Gasteiger partial charge in [0.25, 0.3) is 0 Å². The molecule has 1 aliphatic rings. The molecule has 0 bridgehead atoms. The predicted octanol–water partition coefficient (Wildman–Crippen LogP) is -0.565. The highest BCUT2D eigenvalue weighted by Crippen LogP contribution is 2.15. The summed E-state index contributed by atoms with van der Waals surface area (Å²) in [7, 11) is 1.29. The molecule has 0 aromatic carbocycles. The minimum Gasteiger partial charge on any atom is -0.468 e. The molecule has 14 heavy (non-hydrogen) atoms. The van der Waals surface area contributed by atoms with Crippen LogP contribution in [0.4, 0.5) is 0 Å². The maximum Gasteiger partial charge on any atom is 0.322 e. The van der Waals surface area contributed by atoms with Crippen LogP contribution in [0.2, 0.25) is 0 Å². The van der Waals surface area contributed by atoms with Gasteiger partial charge in [0.1, 0.15) is 6.04 Å². The van der Waals surface area contributed by atoms with Gasteiger partial charge in [0.15, 0.2) is 0 Å². The van der Waals surface area contributed by atoms with E-state index in [1.165, 1.54) is 7.11 Å². The van der Waals surface area contributed by atoms with E-state index in [9.17, 15) is 9.59 Å². The lowest BCUT2D eigenvalue weighted by atomic mass is 9.99. The van der Waals surface area contributed by atoms with Crippen LogP contribution in [0.3, 0.4) is 0 Å². The Morgan fingerprint density at radius 1 is 1.79 bits per heavy atom. The van der Waals surface area contributed by atoms with Crippen molar-refractivity contribution < 1.29 is 14.3 Å². The van der Waals surface area contributed by atoms with Gasteiger partial charge in [0.2, 0.25) is 5.91 Å². The molecule has 0 aromatic heterocycles. The first-order chi connectivity index (χ1) is 6.15. The lowest BCUT2D eigenvalue weighted by Crippen LogP contribution is -2.35. The smallest absolute Gasteiger partial charge is 0.322 e. The van der Waals surface area contributed by atoms with E-state index in [-0.39, 0.29) is 24.2 Å². The first-order valence-corrected chi connectivity index (χ1v) is 4.26. The fourth-order valence-corrected chi connectivity index (χ4v) is 1.42. The maximum atomic E-state index is 11.1. The monoisotopic (exact) mass is 222 g/mol. The fourth-order valence-electron chi connectivity index (χ4n) is 1.42. The molecule has 0 saturated carbocycles. The van der Waals surface area contributed by atoms with Gasteiger partial charge in [-0.2, -0.15) is 0 Å². The summed E-state index contributed by atoms with van der Waals surface area (Å²) in [4.78, 5) is 22.0. The first kappa shape index (κ1) is 13.2. The van der Waals surface area contributed by atoms with Gasteiger partial charge < -0.3 is 15.8 Å². The molecule has 1 amide bonds. The highest BCUT2D eigenvalue weighted by molar-refractivity contribution is 5.85. The summed E-state index contributed by atoms with van der Waals surface area (Å²) in [5.41, 5.74) is 5.52. The lowest BCUT2D eigenvalue weighted by Gasteiger charge is -2.11. The molecule has 0 spiro atoms. The van der Waals surface area contributed by atoms with Gasteiger partial charge in [0, 0.05) is 12.5 Å². The van der Waals surface area contributed by atoms with Crippen LogP contribution in [0.5, 0.6) is 0 Å². The molecular formula is C8H15ClN2O3. The number of nitrogens with two attached hydrogens (primary N) is 1. The number of ether oxygens (including phenoxy) is 1. The minimum atomic E-state index is -0.682. The fraction of sp³-hybridized carbons (Fsp3) is 0.750. The van der Waals surface area contributed by atoms with E-state index in [1.807, 2.05) is 0 Å². The number of halogens is 1. The van der Waals surface area contributed by atoms with Crippen LogP contribution >= 0.6 is 12.4 Å². The second-order valence-corrected chi connectivity index (χ2v) is 3.14. The number of methoxy groups -OCH3 is 1. The van der Waals surface area contributed by atoms with Gasteiger partial charge in [-0.15, -0.1) is 12.4 Å². The van der Waals surface area contributed by atoms with Crippen molar-refractivity contribution in [2.75, 3.05) is 13.7 Å². The van der Waals surface area contributed by atoms with Gasteiger partial charge in [-0.1, -0.05) is 0 Å². The molecule has 1 heterocycles. The largest absolute Gasteiger partial charge is 0.468 e. The quantitative estimate of drug-likeness (QED) is 0.627. The molecule has 1 saturated heterocycles. The van der Waals surface area contributed by atoms with Crippen LogP contribution in [0.25, 0.3) is 0 Å². The molecule has 0 radical (unpaired) electrons. The highest BCUT2D eigenvalue weighted by atomic mass is 35.5. The van der Waals surface area contributed by atoms with Crippen molar-refractivity contribution >= 4 is 24.3 Å². The van der Waals surface area contributed by atoms with Crippen molar-refractivity contribution in [1.82, 2.24) is 5.32 Å². The molecule has 1 aliphatic heterocycles. The number of carbonyl (C=O) groups is 2. The Morgan fingerprint density at radius 3 is 2.86 bits per heavy atom. The van der Waals surface area contributed by atoms with E-state index in [0.717, 1.165) is 6.42 Å². The second-order valence-electron chi connectivity index (χ2n) is 3.14. The van der Waals surface area contributed by atoms with Gasteiger partial charge in [-0.3, -0.25) is 9.59 Å².